The predicted molar refractivity (Wildman–Crippen MR) is 368 cm³/mol. The number of fused-ring (bicyclic) bond motifs is 12. The van der Waals surface area contributed by atoms with Gasteiger partial charge in [0.2, 0.25) is 0 Å². The molecule has 12 nitrogen and oxygen atoms in total. The summed E-state index contributed by atoms with van der Waals surface area (Å²) in [5.41, 5.74) is 14.0. The molecule has 4 aliphatic rings. The Labute approximate surface area is 520 Å². The highest BCUT2D eigenvalue weighted by Crippen LogP contribution is 2.22. The van der Waals surface area contributed by atoms with Gasteiger partial charge in [0.1, 0.15) is 45.6 Å². The molecule has 4 aromatic carbocycles. The minimum absolute atomic E-state index is 0.251. The van der Waals surface area contributed by atoms with Crippen LogP contribution in [0.25, 0.3) is 92.6 Å². The van der Waals surface area contributed by atoms with Crippen molar-refractivity contribution in [2.45, 2.75) is 61.9 Å². The molecule has 0 amide bonds. The van der Waals surface area contributed by atoms with Gasteiger partial charge in [0, 0.05) is 56.2 Å². The molecule has 0 aliphatic carbocycles. The molecule has 0 bridgehead atoms. The molecule has 0 N–H and O–H groups in total. The summed E-state index contributed by atoms with van der Waals surface area (Å²) in [6, 6.07) is 48.1. The van der Waals surface area contributed by atoms with E-state index in [2.05, 4.69) is 292 Å². The maximum Gasteiger partial charge on any atom is 0.405 e. The van der Waals surface area contributed by atoms with Crippen LogP contribution < -0.4 is 80.0 Å². The van der Waals surface area contributed by atoms with Crippen LogP contribution in [0.4, 0.5) is 23.3 Å². The standard InChI is InChI=1S/C19H20BN2O.3C18H18BN2O/c1-13-9-19(21(4)11-14(13)2)22-12-18-16(10-20(22)3)15-7-5-6-8-17(15)23-18;1-13-8-9-18(20(3)11-13)21-12-15-14-6-4-5-7-16(14)22-17(15)10-19(21)2;1-13-8-9-20(3)18(10-13)21-12-15-14-6-4-5-7-16(14)22-17(15)11-19(21)2;1-13-8-9-20(3)18(10-13)21-12-17-15(11-19(21)2)14-6-4-5-7-16(14)22-17/h5-12H,1-4H3;3*4-12H,1-3H3/q4*+1. The Hall–Kier alpha value is -9.94. The van der Waals surface area contributed by atoms with Crippen molar-refractivity contribution in [3.05, 3.63) is 235 Å². The summed E-state index contributed by atoms with van der Waals surface area (Å²) in [5, 5.41) is 9.44. The third-order valence-corrected chi connectivity index (χ3v) is 17.6. The molecular weight excluding hydrogens is 1100 g/mol. The number of anilines is 4. The number of para-hydroxylation sites is 4. The minimum atomic E-state index is 0.251. The Morgan fingerprint density at radius 2 is 0.674 bits per heavy atom. The minimum Gasteiger partial charge on any atom is -0.457 e. The van der Waals surface area contributed by atoms with Gasteiger partial charge in [-0.1, -0.05) is 84.7 Å². The van der Waals surface area contributed by atoms with Crippen LogP contribution in [0.3, 0.4) is 0 Å². The van der Waals surface area contributed by atoms with Crippen LogP contribution in [0.1, 0.15) is 27.8 Å². The predicted octanol–water partition coefficient (Wildman–Crippen LogP) is 7.37. The van der Waals surface area contributed by atoms with E-state index in [1.807, 2.05) is 48.5 Å². The fourth-order valence-electron chi connectivity index (χ4n) is 12.7. The summed E-state index contributed by atoms with van der Waals surface area (Å²) in [4.78, 5) is 9.13. The molecule has 89 heavy (non-hydrogen) atoms. The van der Waals surface area contributed by atoms with Gasteiger partial charge < -0.3 is 17.7 Å². The Kier molecular flexibility index (Phi) is 15.4. The zero-order valence-electron chi connectivity index (χ0n) is 53.2. The van der Waals surface area contributed by atoms with Crippen molar-refractivity contribution < 1.29 is 35.9 Å². The Bertz CT molecular complexity index is 5320. The van der Waals surface area contributed by atoms with Gasteiger partial charge in [-0.15, -0.1) is 0 Å². The first-order valence-corrected chi connectivity index (χ1v) is 30.8. The summed E-state index contributed by atoms with van der Waals surface area (Å²) in [6.45, 7) is 20.5. The highest BCUT2D eigenvalue weighted by atomic mass is 16.3. The molecule has 0 fully saturated rings. The summed E-state index contributed by atoms with van der Waals surface area (Å²) in [7, 11) is 8.34. The van der Waals surface area contributed by atoms with Gasteiger partial charge in [-0.2, -0.15) is 0 Å². The molecule has 12 heterocycles. The smallest absolute Gasteiger partial charge is 0.405 e. The molecule has 0 unspecified atom stereocenters. The van der Waals surface area contributed by atoms with Crippen LogP contribution >= 0.6 is 0 Å². The maximum atomic E-state index is 6.05. The van der Waals surface area contributed by atoms with Gasteiger partial charge in [-0.05, 0) is 144 Å². The average molecular weight is 1170 g/mol. The molecule has 0 spiro atoms. The van der Waals surface area contributed by atoms with Gasteiger partial charge in [0.15, 0.2) is 10.8 Å². The van der Waals surface area contributed by atoms with Crippen molar-refractivity contribution in [1.82, 2.24) is 0 Å². The van der Waals surface area contributed by atoms with Crippen LogP contribution in [0.15, 0.2) is 182 Å². The first-order chi connectivity index (χ1) is 42.9. The highest BCUT2D eigenvalue weighted by Gasteiger charge is 2.33. The number of aromatic nitrogens is 4. The van der Waals surface area contributed by atoms with Crippen LogP contribution in [0.5, 0.6) is 0 Å². The fourth-order valence-corrected chi connectivity index (χ4v) is 12.7. The lowest BCUT2D eigenvalue weighted by atomic mass is 9.61. The van der Waals surface area contributed by atoms with Crippen molar-refractivity contribution in [2.75, 3.05) is 19.2 Å². The van der Waals surface area contributed by atoms with E-state index in [-0.39, 0.29) is 27.4 Å². The zero-order chi connectivity index (χ0) is 61.9. The quantitative estimate of drug-likeness (QED) is 0.134. The molecule has 16 heteroatoms. The van der Waals surface area contributed by atoms with E-state index in [9.17, 15) is 0 Å². The summed E-state index contributed by atoms with van der Waals surface area (Å²) >= 11 is 0. The summed E-state index contributed by atoms with van der Waals surface area (Å²) in [5.74, 6) is 13.6. The summed E-state index contributed by atoms with van der Waals surface area (Å²) in [6.07, 6.45) is 17.2. The van der Waals surface area contributed by atoms with Crippen LogP contribution in [-0.4, -0.2) is 27.4 Å². The second kappa shape index (κ2) is 23.6. The van der Waals surface area contributed by atoms with E-state index in [1.165, 1.54) is 77.3 Å². The Balaban J connectivity index is 0.000000109. The van der Waals surface area contributed by atoms with Crippen molar-refractivity contribution in [3.63, 3.8) is 0 Å². The van der Waals surface area contributed by atoms with Crippen molar-refractivity contribution >= 4 is 143 Å². The molecule has 438 valence electrons. The molecule has 0 atom stereocenters. The highest BCUT2D eigenvalue weighted by molar-refractivity contribution is 6.78. The first-order valence-electron chi connectivity index (χ1n) is 30.8. The lowest BCUT2D eigenvalue weighted by Gasteiger charge is -2.19. The normalized spacial score (nSPS) is 13.8. The van der Waals surface area contributed by atoms with Crippen LogP contribution in [0, 0.1) is 34.6 Å². The zero-order valence-corrected chi connectivity index (χ0v) is 53.2. The largest absolute Gasteiger partial charge is 0.457 e. The van der Waals surface area contributed by atoms with Gasteiger partial charge in [-0.3, -0.25) is 19.2 Å². The van der Waals surface area contributed by atoms with E-state index in [4.69, 9.17) is 17.7 Å². The van der Waals surface area contributed by atoms with Crippen LogP contribution in [0.2, 0.25) is 27.3 Å². The second-order valence-corrected chi connectivity index (χ2v) is 24.4. The first kappa shape index (κ1) is 58.1. The fraction of sp³-hybridized carbons (Fsp3) is 0.178. The third-order valence-electron chi connectivity index (χ3n) is 17.6. The maximum absolute atomic E-state index is 6.05. The number of aryl methyl sites for hydroxylation is 9. The molecule has 12 aromatic rings. The van der Waals surface area contributed by atoms with E-state index in [0.29, 0.717) is 0 Å². The molecular formula is C73H74B4N8O4+4. The van der Waals surface area contributed by atoms with Crippen molar-refractivity contribution in [2.24, 2.45) is 28.2 Å². The SMILES string of the molecule is CB1C=c2c(oc3ccccc23)=CN1c1cc(C)c(C)c[n+]1C.CB1C=c2c(oc3ccccc23)=CN1c1cc(C)cc[n+]1C.CB1C=c2oc3ccccc3c2=CN1c1cc(C)cc[n+]1C.CB1C=c2oc3ccccc3c2=CN1c1ccc(C)c[n+]1C. The molecule has 8 aromatic heterocycles. The Morgan fingerprint density at radius 3 is 1.11 bits per heavy atom. The molecule has 16 rings (SSSR count). The van der Waals surface area contributed by atoms with Gasteiger partial charge in [0.25, 0.3) is 23.3 Å². The lowest BCUT2D eigenvalue weighted by Crippen LogP contribution is -2.47. The van der Waals surface area contributed by atoms with E-state index in [0.717, 1.165) is 60.2 Å². The van der Waals surface area contributed by atoms with E-state index < -0.39 is 0 Å². The average Bonchev–Trinajstić information content (AvgIpc) is 2.16. The molecule has 0 radical (unpaired) electrons. The molecule has 4 aliphatic heterocycles. The van der Waals surface area contributed by atoms with Gasteiger partial charge in [0.05, 0.1) is 75.8 Å². The molecule has 0 saturated carbocycles. The Morgan fingerprint density at radius 1 is 0.315 bits per heavy atom. The van der Waals surface area contributed by atoms with Gasteiger partial charge in [-0.25, -0.2) is 18.3 Å². The number of nitrogens with zero attached hydrogens (tertiary/aromatic N) is 8. The lowest BCUT2D eigenvalue weighted by molar-refractivity contribution is -0.658. The van der Waals surface area contributed by atoms with Gasteiger partial charge >= 0.3 is 27.4 Å². The third kappa shape index (κ3) is 11.2. The van der Waals surface area contributed by atoms with Crippen molar-refractivity contribution in [1.29, 1.82) is 0 Å². The number of furan rings is 4. The monoisotopic (exact) mass is 1170 g/mol. The number of rotatable bonds is 4. The molecule has 0 saturated heterocycles. The topological polar surface area (TPSA) is 81.0 Å². The second-order valence-electron chi connectivity index (χ2n) is 24.4. The van der Waals surface area contributed by atoms with E-state index >= 15 is 0 Å². The van der Waals surface area contributed by atoms with Crippen LogP contribution in [-0.2, 0) is 28.2 Å². The number of hydrogen-bond donors (Lipinski definition) is 0. The number of pyridine rings is 4. The number of hydrogen-bond acceptors (Lipinski definition) is 8. The number of benzene rings is 4. The van der Waals surface area contributed by atoms with Crippen molar-refractivity contribution in [3.8, 4) is 0 Å². The summed E-state index contributed by atoms with van der Waals surface area (Å²) < 4.78 is 32.7. The van der Waals surface area contributed by atoms with E-state index in [1.54, 1.807) is 0 Å².